The maximum Gasteiger partial charge on any atom is 0.275 e. The van der Waals surface area contributed by atoms with Gasteiger partial charge in [0.2, 0.25) is 0 Å². The molecule has 5 nitrogen and oxygen atoms in total. The first-order valence-corrected chi connectivity index (χ1v) is 7.14. The summed E-state index contributed by atoms with van der Waals surface area (Å²) in [5.74, 6) is -0.289. The molecule has 0 bridgehead atoms. The number of nitrogens with one attached hydrogen (secondary N) is 1. The van der Waals surface area contributed by atoms with Gasteiger partial charge in [-0.25, -0.2) is 4.98 Å². The molecule has 0 aliphatic rings. The van der Waals surface area contributed by atoms with Crippen LogP contribution in [0.1, 0.15) is 10.5 Å². The average molecular weight is 315 g/mol. The molecule has 0 aliphatic carbocycles. The molecule has 0 saturated carbocycles. The minimum Gasteiger partial charge on any atom is -0.376 e. The number of hydrogen-bond acceptors (Lipinski definition) is 3. The van der Waals surface area contributed by atoms with Crippen LogP contribution in [-0.4, -0.2) is 29.4 Å². The topological polar surface area (TPSA) is 49.6 Å². The maximum absolute atomic E-state index is 12.3. The molecule has 0 fully saturated rings. The number of aromatic nitrogens is 2. The van der Waals surface area contributed by atoms with Crippen molar-refractivity contribution in [3.8, 4) is 0 Å². The molecule has 0 atom stereocenters. The van der Waals surface area contributed by atoms with E-state index in [9.17, 15) is 4.79 Å². The van der Waals surface area contributed by atoms with Crippen molar-refractivity contribution in [2.24, 2.45) is 0 Å². The molecular formula is C16H15ClN4O. The van der Waals surface area contributed by atoms with E-state index >= 15 is 0 Å². The van der Waals surface area contributed by atoms with E-state index in [0.29, 0.717) is 16.4 Å². The number of halogens is 1. The number of carbonyl (C=O) groups excluding carboxylic acids is 1. The van der Waals surface area contributed by atoms with E-state index in [1.807, 2.05) is 53.9 Å². The Balaban J connectivity index is 1.90. The number of nitrogens with zero attached hydrogens (tertiary/aromatic N) is 3. The Labute approximate surface area is 133 Å². The van der Waals surface area contributed by atoms with Crippen LogP contribution in [0.4, 0.5) is 11.4 Å². The highest BCUT2D eigenvalue weighted by Crippen LogP contribution is 2.21. The molecular weight excluding hydrogens is 300 g/mol. The lowest BCUT2D eigenvalue weighted by Crippen LogP contribution is -2.12. The number of anilines is 2. The van der Waals surface area contributed by atoms with Crippen molar-refractivity contribution in [3.63, 3.8) is 0 Å². The summed E-state index contributed by atoms with van der Waals surface area (Å²) >= 11 is 6.04. The molecule has 0 unspecified atom stereocenters. The lowest BCUT2D eigenvalue weighted by Gasteiger charge is -2.11. The number of fused-ring (bicyclic) bond motifs is 1. The van der Waals surface area contributed by atoms with Crippen LogP contribution >= 0.6 is 11.6 Å². The van der Waals surface area contributed by atoms with E-state index in [0.717, 1.165) is 11.3 Å². The molecule has 1 aromatic carbocycles. The fourth-order valence-electron chi connectivity index (χ4n) is 2.10. The maximum atomic E-state index is 12.3. The number of pyridine rings is 1. The number of amides is 1. The van der Waals surface area contributed by atoms with E-state index in [2.05, 4.69) is 10.3 Å². The van der Waals surface area contributed by atoms with Gasteiger partial charge in [-0.3, -0.25) is 4.79 Å². The van der Waals surface area contributed by atoms with Gasteiger partial charge in [-0.15, -0.1) is 0 Å². The van der Waals surface area contributed by atoms with Crippen LogP contribution in [0.5, 0.6) is 0 Å². The molecule has 1 amide bonds. The Hall–Kier alpha value is -2.53. The number of para-hydroxylation sites is 1. The molecule has 0 spiro atoms. The van der Waals surface area contributed by atoms with Crippen LogP contribution < -0.4 is 10.2 Å². The molecule has 112 valence electrons. The number of rotatable bonds is 3. The second-order valence-corrected chi connectivity index (χ2v) is 5.51. The molecule has 1 N–H and O–H groups in total. The second-order valence-electron chi connectivity index (χ2n) is 5.11. The van der Waals surface area contributed by atoms with Gasteiger partial charge in [0.15, 0.2) is 0 Å². The van der Waals surface area contributed by atoms with Crippen molar-refractivity contribution in [1.82, 2.24) is 9.38 Å². The summed E-state index contributed by atoms with van der Waals surface area (Å²) in [7, 11) is 3.92. The molecule has 22 heavy (non-hydrogen) atoms. The van der Waals surface area contributed by atoms with Crippen molar-refractivity contribution in [3.05, 3.63) is 59.5 Å². The predicted molar refractivity (Wildman–Crippen MR) is 88.9 cm³/mol. The normalized spacial score (nSPS) is 10.7. The van der Waals surface area contributed by atoms with Gasteiger partial charge in [-0.1, -0.05) is 23.7 Å². The first-order chi connectivity index (χ1) is 10.5. The van der Waals surface area contributed by atoms with Crippen molar-refractivity contribution in [2.45, 2.75) is 0 Å². The lowest BCUT2D eigenvalue weighted by molar-refractivity contribution is 0.102. The van der Waals surface area contributed by atoms with Crippen LogP contribution in [-0.2, 0) is 0 Å². The standard InChI is InChI=1S/C16H15ClN4O/c1-20(2)11-7-8-15-18-14(10-21(15)9-11)16(22)19-13-6-4-3-5-12(13)17/h3-10H,1-2H3,(H,19,22). The largest absolute Gasteiger partial charge is 0.376 e. The Morgan fingerprint density at radius 1 is 1.18 bits per heavy atom. The van der Waals surface area contributed by atoms with Gasteiger partial charge in [0, 0.05) is 26.5 Å². The minimum atomic E-state index is -0.289. The van der Waals surface area contributed by atoms with Crippen LogP contribution in [0.25, 0.3) is 5.65 Å². The molecule has 6 heteroatoms. The van der Waals surface area contributed by atoms with Crippen LogP contribution in [0.2, 0.25) is 5.02 Å². The van der Waals surface area contributed by atoms with E-state index in [4.69, 9.17) is 11.6 Å². The van der Waals surface area contributed by atoms with Crippen LogP contribution in [0, 0.1) is 0 Å². The van der Waals surface area contributed by atoms with Gasteiger partial charge in [0.05, 0.1) is 16.4 Å². The van der Waals surface area contributed by atoms with Gasteiger partial charge in [0.1, 0.15) is 11.3 Å². The van der Waals surface area contributed by atoms with Gasteiger partial charge < -0.3 is 14.6 Å². The Morgan fingerprint density at radius 2 is 1.95 bits per heavy atom. The SMILES string of the molecule is CN(C)c1ccc2nc(C(=O)Nc3ccccc3Cl)cn2c1. The van der Waals surface area contributed by atoms with Crippen LogP contribution in [0.15, 0.2) is 48.8 Å². The molecule has 0 radical (unpaired) electrons. The van der Waals surface area contributed by atoms with Gasteiger partial charge in [-0.05, 0) is 24.3 Å². The van der Waals surface area contributed by atoms with Crippen LogP contribution in [0.3, 0.4) is 0 Å². The Morgan fingerprint density at radius 3 is 2.68 bits per heavy atom. The summed E-state index contributed by atoms with van der Waals surface area (Å²) in [5.41, 5.74) is 2.66. The molecule has 3 rings (SSSR count). The highest BCUT2D eigenvalue weighted by atomic mass is 35.5. The summed E-state index contributed by atoms with van der Waals surface area (Å²) < 4.78 is 1.83. The molecule has 2 aromatic heterocycles. The summed E-state index contributed by atoms with van der Waals surface area (Å²) in [5, 5.41) is 3.26. The van der Waals surface area contributed by atoms with E-state index in [1.54, 1.807) is 18.3 Å². The fraction of sp³-hybridized carbons (Fsp3) is 0.125. The van der Waals surface area contributed by atoms with Gasteiger partial charge in [0.25, 0.3) is 5.91 Å². The summed E-state index contributed by atoms with van der Waals surface area (Å²) in [4.78, 5) is 18.6. The third-order valence-electron chi connectivity index (χ3n) is 3.31. The minimum absolute atomic E-state index is 0.289. The first kappa shape index (κ1) is 14.4. The van der Waals surface area contributed by atoms with Crippen molar-refractivity contribution < 1.29 is 4.79 Å². The highest BCUT2D eigenvalue weighted by Gasteiger charge is 2.12. The zero-order valence-electron chi connectivity index (χ0n) is 12.2. The van der Waals surface area contributed by atoms with Crippen molar-refractivity contribution in [1.29, 1.82) is 0 Å². The van der Waals surface area contributed by atoms with Gasteiger partial charge in [-0.2, -0.15) is 0 Å². The quantitative estimate of drug-likeness (QED) is 0.807. The summed E-state index contributed by atoms with van der Waals surface area (Å²) in [6.45, 7) is 0. The first-order valence-electron chi connectivity index (χ1n) is 6.76. The monoisotopic (exact) mass is 314 g/mol. The fourth-order valence-corrected chi connectivity index (χ4v) is 2.29. The third kappa shape index (κ3) is 2.76. The summed E-state index contributed by atoms with van der Waals surface area (Å²) in [6, 6.07) is 10.9. The number of hydrogen-bond donors (Lipinski definition) is 1. The number of imidazole rings is 1. The molecule has 0 aliphatic heterocycles. The Bertz CT molecular complexity index is 841. The van der Waals surface area contributed by atoms with E-state index in [-0.39, 0.29) is 5.91 Å². The van der Waals surface area contributed by atoms with Crippen molar-refractivity contribution >= 4 is 34.5 Å². The second kappa shape index (κ2) is 5.69. The zero-order chi connectivity index (χ0) is 15.7. The van der Waals surface area contributed by atoms with Gasteiger partial charge >= 0.3 is 0 Å². The predicted octanol–water partition coefficient (Wildman–Crippen LogP) is 3.31. The van der Waals surface area contributed by atoms with E-state index in [1.165, 1.54) is 0 Å². The highest BCUT2D eigenvalue weighted by molar-refractivity contribution is 6.33. The number of carbonyl (C=O) groups is 1. The molecule has 2 heterocycles. The van der Waals surface area contributed by atoms with Crippen molar-refractivity contribution in [2.75, 3.05) is 24.3 Å². The lowest BCUT2D eigenvalue weighted by atomic mass is 10.3. The zero-order valence-corrected chi connectivity index (χ0v) is 13.0. The molecule has 0 saturated heterocycles. The smallest absolute Gasteiger partial charge is 0.275 e. The number of benzene rings is 1. The summed E-state index contributed by atoms with van der Waals surface area (Å²) in [6.07, 6.45) is 3.63. The van der Waals surface area contributed by atoms with E-state index < -0.39 is 0 Å². The average Bonchev–Trinajstić information content (AvgIpc) is 2.92. The third-order valence-corrected chi connectivity index (χ3v) is 3.64. The Kier molecular flexibility index (Phi) is 3.73. The molecule has 3 aromatic rings.